The van der Waals surface area contributed by atoms with E-state index in [1.54, 1.807) is 24.3 Å². The van der Waals surface area contributed by atoms with Crippen molar-refractivity contribution in [3.05, 3.63) is 60.2 Å². The predicted octanol–water partition coefficient (Wildman–Crippen LogP) is 3.23. The largest absolute Gasteiger partial charge is 0.497 e. The van der Waals surface area contributed by atoms with Crippen LogP contribution in [0.2, 0.25) is 0 Å². The molecular weight excluding hydrogens is 466 g/mol. The third-order valence-electron chi connectivity index (χ3n) is 5.91. The van der Waals surface area contributed by atoms with E-state index in [1.807, 2.05) is 51.1 Å². The first kappa shape index (κ1) is 28.2. The Bertz CT molecular complexity index is 1060. The quantitative estimate of drug-likeness (QED) is 0.453. The molecule has 0 unspecified atom stereocenters. The van der Waals surface area contributed by atoms with Crippen LogP contribution in [0.4, 0.5) is 5.69 Å². The third kappa shape index (κ3) is 8.28. The molecular formula is C26H37N3O5S. The van der Waals surface area contributed by atoms with Crippen LogP contribution in [0.1, 0.15) is 39.2 Å². The number of nitrogens with one attached hydrogen (secondary N) is 1. The summed E-state index contributed by atoms with van der Waals surface area (Å²) in [5.41, 5.74) is 1.37. The van der Waals surface area contributed by atoms with Gasteiger partial charge in [-0.25, -0.2) is 8.42 Å². The number of sulfonamides is 1. The van der Waals surface area contributed by atoms with Gasteiger partial charge < -0.3 is 15.0 Å². The van der Waals surface area contributed by atoms with E-state index in [9.17, 15) is 18.0 Å². The molecule has 35 heavy (non-hydrogen) atoms. The second-order valence-electron chi connectivity index (χ2n) is 8.53. The highest BCUT2D eigenvalue weighted by Gasteiger charge is 2.31. The summed E-state index contributed by atoms with van der Waals surface area (Å²) in [6, 6.07) is 15.4. The number of anilines is 1. The summed E-state index contributed by atoms with van der Waals surface area (Å²) in [5.74, 6) is -0.0993. The van der Waals surface area contributed by atoms with Crippen molar-refractivity contribution in [2.45, 2.75) is 52.1 Å². The number of hydrogen-bond acceptors (Lipinski definition) is 5. The molecule has 0 radical (unpaired) electrons. The molecule has 9 heteroatoms. The summed E-state index contributed by atoms with van der Waals surface area (Å²) >= 11 is 0. The number of carbonyl (C=O) groups is 2. The number of rotatable bonds is 13. The number of ether oxygens (including phenoxy) is 1. The van der Waals surface area contributed by atoms with Crippen LogP contribution in [-0.4, -0.2) is 63.7 Å². The molecule has 0 saturated heterocycles. The molecule has 0 aromatic heterocycles. The van der Waals surface area contributed by atoms with Gasteiger partial charge in [0.05, 0.1) is 19.1 Å². The summed E-state index contributed by atoms with van der Waals surface area (Å²) < 4.78 is 31.5. The molecule has 2 atom stereocenters. The lowest BCUT2D eigenvalue weighted by Crippen LogP contribution is -2.54. The second-order valence-corrected chi connectivity index (χ2v) is 10.4. The van der Waals surface area contributed by atoms with Gasteiger partial charge in [-0.1, -0.05) is 44.2 Å². The van der Waals surface area contributed by atoms with Crippen LogP contribution in [0, 0.1) is 0 Å². The van der Waals surface area contributed by atoms with Crippen molar-refractivity contribution >= 4 is 27.5 Å². The maximum atomic E-state index is 13.6. The van der Waals surface area contributed by atoms with E-state index in [0.717, 1.165) is 22.5 Å². The Hall–Kier alpha value is -3.07. The number of carbonyl (C=O) groups excluding carboxylic acids is 2. The number of nitrogens with zero attached hydrogens (tertiary/aromatic N) is 2. The zero-order valence-corrected chi connectivity index (χ0v) is 22.0. The summed E-state index contributed by atoms with van der Waals surface area (Å²) in [6.07, 6.45) is 2.77. The van der Waals surface area contributed by atoms with Gasteiger partial charge in [-0.3, -0.25) is 13.9 Å². The lowest BCUT2D eigenvalue weighted by atomic mass is 10.1. The van der Waals surface area contributed by atoms with Crippen molar-refractivity contribution in [3.8, 4) is 5.75 Å². The first-order valence-corrected chi connectivity index (χ1v) is 13.7. The van der Waals surface area contributed by atoms with Crippen molar-refractivity contribution in [1.29, 1.82) is 0 Å². The van der Waals surface area contributed by atoms with Crippen LogP contribution in [0.3, 0.4) is 0 Å². The van der Waals surface area contributed by atoms with Gasteiger partial charge in [0.2, 0.25) is 21.8 Å². The van der Waals surface area contributed by atoms with Gasteiger partial charge in [0.1, 0.15) is 18.3 Å². The molecule has 0 aliphatic rings. The molecule has 2 rings (SSSR count). The van der Waals surface area contributed by atoms with Crippen LogP contribution < -0.4 is 14.4 Å². The molecule has 0 fully saturated rings. The Kier molecular flexibility index (Phi) is 10.6. The zero-order chi connectivity index (χ0) is 26.0. The van der Waals surface area contributed by atoms with Gasteiger partial charge in [-0.2, -0.15) is 0 Å². The fourth-order valence-electron chi connectivity index (χ4n) is 3.70. The van der Waals surface area contributed by atoms with Gasteiger partial charge >= 0.3 is 0 Å². The minimum absolute atomic E-state index is 0.0329. The van der Waals surface area contributed by atoms with Gasteiger partial charge in [-0.05, 0) is 56.0 Å². The van der Waals surface area contributed by atoms with E-state index >= 15 is 0 Å². The molecule has 1 N–H and O–H groups in total. The molecule has 2 amide bonds. The molecule has 2 aromatic carbocycles. The molecule has 0 aliphatic carbocycles. The average Bonchev–Trinajstić information content (AvgIpc) is 2.84. The topological polar surface area (TPSA) is 96.0 Å². The van der Waals surface area contributed by atoms with E-state index < -0.39 is 28.5 Å². The molecule has 0 bridgehead atoms. The van der Waals surface area contributed by atoms with Crippen LogP contribution in [0.15, 0.2) is 54.6 Å². The SMILES string of the molecule is CC[C@@H](C)NC(=O)[C@H](CC)N(CCc1ccccc1)C(=O)CN(c1ccc(OC)cc1)S(C)(=O)=O. The molecule has 0 spiro atoms. The molecule has 2 aromatic rings. The first-order valence-electron chi connectivity index (χ1n) is 11.9. The molecule has 0 aliphatic heterocycles. The first-order chi connectivity index (χ1) is 16.6. The van der Waals surface area contributed by atoms with E-state index in [0.29, 0.717) is 24.3 Å². The molecule has 0 heterocycles. The van der Waals surface area contributed by atoms with E-state index in [1.165, 1.54) is 12.0 Å². The highest BCUT2D eigenvalue weighted by Crippen LogP contribution is 2.22. The van der Waals surface area contributed by atoms with Crippen LogP contribution in [-0.2, 0) is 26.0 Å². The Labute approximate surface area is 209 Å². The summed E-state index contributed by atoms with van der Waals surface area (Å²) in [4.78, 5) is 28.2. The van der Waals surface area contributed by atoms with Crippen LogP contribution in [0.25, 0.3) is 0 Å². The Morgan fingerprint density at radius 3 is 2.14 bits per heavy atom. The van der Waals surface area contributed by atoms with Crippen molar-refractivity contribution in [1.82, 2.24) is 10.2 Å². The normalized spacial score (nSPS) is 12.9. The average molecular weight is 504 g/mol. The lowest BCUT2D eigenvalue weighted by molar-refractivity contribution is -0.139. The van der Waals surface area contributed by atoms with E-state index in [2.05, 4.69) is 5.32 Å². The molecule has 0 saturated carbocycles. The van der Waals surface area contributed by atoms with Crippen LogP contribution >= 0.6 is 0 Å². The number of amides is 2. The van der Waals surface area contributed by atoms with Gasteiger partial charge in [0.25, 0.3) is 0 Å². The highest BCUT2D eigenvalue weighted by atomic mass is 32.2. The highest BCUT2D eigenvalue weighted by molar-refractivity contribution is 7.92. The maximum Gasteiger partial charge on any atom is 0.244 e. The van der Waals surface area contributed by atoms with Crippen molar-refractivity contribution in [2.24, 2.45) is 0 Å². The fourth-order valence-corrected chi connectivity index (χ4v) is 4.55. The zero-order valence-electron chi connectivity index (χ0n) is 21.2. The smallest absolute Gasteiger partial charge is 0.244 e. The molecule has 8 nitrogen and oxygen atoms in total. The summed E-state index contributed by atoms with van der Waals surface area (Å²) in [7, 11) is -2.24. The monoisotopic (exact) mass is 503 g/mol. The predicted molar refractivity (Wildman–Crippen MR) is 139 cm³/mol. The summed E-state index contributed by atoms with van der Waals surface area (Å²) in [6.45, 7) is 5.61. The van der Waals surface area contributed by atoms with Gasteiger partial charge in [0.15, 0.2) is 0 Å². The summed E-state index contributed by atoms with van der Waals surface area (Å²) in [5, 5.41) is 2.96. The standard InChI is InChI=1S/C26H37N3O5S/c1-6-20(3)27-26(31)24(7-2)28(18-17-21-11-9-8-10-12-21)25(30)19-29(35(5,32)33)22-13-15-23(34-4)16-14-22/h8-16,20,24H,6-7,17-19H2,1-5H3,(H,27,31)/t20-,24+/m1/s1. The minimum Gasteiger partial charge on any atom is -0.497 e. The van der Waals surface area contributed by atoms with E-state index in [4.69, 9.17) is 4.74 Å². The number of hydrogen-bond donors (Lipinski definition) is 1. The fraction of sp³-hybridized carbons (Fsp3) is 0.462. The third-order valence-corrected chi connectivity index (χ3v) is 7.05. The van der Waals surface area contributed by atoms with Crippen molar-refractivity contribution in [3.63, 3.8) is 0 Å². The van der Waals surface area contributed by atoms with Crippen molar-refractivity contribution in [2.75, 3.05) is 30.8 Å². The second kappa shape index (κ2) is 13.1. The Morgan fingerprint density at radius 1 is 1.00 bits per heavy atom. The van der Waals surface area contributed by atoms with Crippen LogP contribution in [0.5, 0.6) is 5.75 Å². The van der Waals surface area contributed by atoms with Gasteiger partial charge in [0, 0.05) is 12.6 Å². The van der Waals surface area contributed by atoms with Crippen molar-refractivity contribution < 1.29 is 22.7 Å². The Morgan fingerprint density at radius 2 is 1.63 bits per heavy atom. The number of benzene rings is 2. The van der Waals surface area contributed by atoms with Gasteiger partial charge in [-0.15, -0.1) is 0 Å². The lowest BCUT2D eigenvalue weighted by Gasteiger charge is -2.33. The Balaban J connectivity index is 2.35. The maximum absolute atomic E-state index is 13.6. The molecule has 192 valence electrons. The van der Waals surface area contributed by atoms with E-state index in [-0.39, 0.29) is 18.5 Å². The minimum atomic E-state index is -3.76. The number of methoxy groups -OCH3 is 1.